The van der Waals surface area contributed by atoms with Crippen molar-refractivity contribution >= 4 is 13.4 Å². The molecule has 1 aromatic heterocycles. The molecule has 0 saturated carbocycles. The average Bonchev–Trinajstić information content (AvgIpc) is 2.82. The zero-order chi connectivity index (χ0) is 22.0. The van der Waals surface area contributed by atoms with E-state index in [-0.39, 0.29) is 5.69 Å². The minimum Gasteiger partial charge on any atom is -0.286 e. The predicted molar refractivity (Wildman–Crippen MR) is 91.0 cm³/mol. The first-order valence-corrected chi connectivity index (χ1v) is 9.42. The highest BCUT2D eigenvalue weighted by molar-refractivity contribution is 7.55. The standard InChI is InChI=1S/C15H16F6N3O4P/c1-10-12(13(25)24(23(10)2)11-6-4-3-5-7-11)22-29(26,27-8-14(16,17)18)28-9-15(19,20)21/h3-7H,8-9H2,1-2H3,(H,22,26). The molecule has 0 spiro atoms. The van der Waals surface area contributed by atoms with Crippen LogP contribution in [0.1, 0.15) is 5.69 Å². The van der Waals surface area contributed by atoms with Crippen LogP contribution < -0.4 is 10.6 Å². The molecule has 29 heavy (non-hydrogen) atoms. The Hall–Kier alpha value is -2.24. The molecule has 162 valence electrons. The van der Waals surface area contributed by atoms with E-state index in [4.69, 9.17) is 0 Å². The highest BCUT2D eigenvalue weighted by atomic mass is 31.2. The number of nitrogens with zero attached hydrogens (tertiary/aromatic N) is 2. The predicted octanol–water partition coefficient (Wildman–Crippen LogP) is 4.16. The topological polar surface area (TPSA) is 74.5 Å². The molecule has 0 radical (unpaired) electrons. The van der Waals surface area contributed by atoms with E-state index < -0.39 is 44.6 Å². The largest absolute Gasteiger partial charge is 0.433 e. The summed E-state index contributed by atoms with van der Waals surface area (Å²) >= 11 is 0. The van der Waals surface area contributed by atoms with Gasteiger partial charge in [-0.2, -0.15) is 26.3 Å². The highest BCUT2D eigenvalue weighted by Crippen LogP contribution is 2.50. The number of hydrogen-bond acceptors (Lipinski definition) is 4. The third-order valence-corrected chi connectivity index (χ3v) is 5.03. The van der Waals surface area contributed by atoms with Gasteiger partial charge in [0, 0.05) is 7.05 Å². The Kier molecular flexibility index (Phi) is 6.55. The van der Waals surface area contributed by atoms with E-state index in [1.54, 1.807) is 30.3 Å². The number of anilines is 1. The fraction of sp³-hybridized carbons (Fsp3) is 0.400. The van der Waals surface area contributed by atoms with Crippen LogP contribution in [0.3, 0.4) is 0 Å². The van der Waals surface area contributed by atoms with Crippen molar-refractivity contribution in [3.8, 4) is 5.69 Å². The second-order valence-electron chi connectivity index (χ2n) is 5.82. The number of hydrogen-bond donors (Lipinski definition) is 1. The van der Waals surface area contributed by atoms with Gasteiger partial charge in [-0.05, 0) is 19.1 Å². The van der Waals surface area contributed by atoms with Crippen LogP contribution in [0.5, 0.6) is 0 Å². The fourth-order valence-electron chi connectivity index (χ4n) is 2.25. The average molecular weight is 447 g/mol. The second kappa shape index (κ2) is 8.25. The summed E-state index contributed by atoms with van der Waals surface area (Å²) in [5.74, 6) is 0. The Labute approximate surface area is 160 Å². The van der Waals surface area contributed by atoms with Crippen LogP contribution >= 0.6 is 7.75 Å². The molecular weight excluding hydrogens is 431 g/mol. The lowest BCUT2D eigenvalue weighted by Crippen LogP contribution is -2.24. The third kappa shape index (κ3) is 6.12. The van der Waals surface area contributed by atoms with E-state index in [1.165, 1.54) is 18.7 Å². The van der Waals surface area contributed by atoms with Crippen LogP contribution in [-0.2, 0) is 20.7 Å². The van der Waals surface area contributed by atoms with Gasteiger partial charge < -0.3 is 0 Å². The number of para-hydroxylation sites is 1. The zero-order valence-corrected chi connectivity index (χ0v) is 15.9. The molecule has 0 saturated heterocycles. The number of benzene rings is 1. The number of nitrogens with one attached hydrogen (secondary N) is 1. The summed E-state index contributed by atoms with van der Waals surface area (Å²) in [4.78, 5) is 12.7. The maximum atomic E-state index is 12.7. The van der Waals surface area contributed by atoms with Crippen molar-refractivity contribution in [3.63, 3.8) is 0 Å². The van der Waals surface area contributed by atoms with E-state index in [0.29, 0.717) is 5.69 Å². The molecule has 7 nitrogen and oxygen atoms in total. The van der Waals surface area contributed by atoms with Crippen LogP contribution in [0.4, 0.5) is 32.0 Å². The lowest BCUT2D eigenvalue weighted by molar-refractivity contribution is -0.165. The van der Waals surface area contributed by atoms with Crippen molar-refractivity contribution in [2.75, 3.05) is 18.3 Å². The van der Waals surface area contributed by atoms with Crippen LogP contribution in [0, 0.1) is 6.92 Å². The minimum atomic E-state index is -5.20. The molecule has 2 aromatic rings. The van der Waals surface area contributed by atoms with E-state index in [1.807, 2.05) is 5.09 Å². The molecule has 0 aliphatic rings. The first-order valence-electron chi connectivity index (χ1n) is 7.87. The number of alkyl halides is 6. The van der Waals surface area contributed by atoms with Gasteiger partial charge in [-0.25, -0.2) is 9.25 Å². The van der Waals surface area contributed by atoms with E-state index >= 15 is 0 Å². The highest BCUT2D eigenvalue weighted by Gasteiger charge is 2.40. The van der Waals surface area contributed by atoms with E-state index in [2.05, 4.69) is 9.05 Å². The summed E-state index contributed by atoms with van der Waals surface area (Å²) in [6.45, 7) is -2.94. The molecule has 1 heterocycles. The second-order valence-corrected chi connectivity index (χ2v) is 7.56. The van der Waals surface area contributed by atoms with Gasteiger partial charge in [-0.1, -0.05) is 18.2 Å². The Bertz CT molecular complexity index is 930. The van der Waals surface area contributed by atoms with Crippen molar-refractivity contribution in [1.82, 2.24) is 9.36 Å². The van der Waals surface area contributed by atoms with Crippen molar-refractivity contribution < 1.29 is 40.0 Å². The van der Waals surface area contributed by atoms with E-state index in [0.717, 1.165) is 4.68 Å². The van der Waals surface area contributed by atoms with Crippen LogP contribution in [-0.4, -0.2) is 34.9 Å². The van der Waals surface area contributed by atoms with Gasteiger partial charge in [0.25, 0.3) is 5.56 Å². The Morgan fingerprint density at radius 2 is 1.48 bits per heavy atom. The molecule has 0 aliphatic heterocycles. The third-order valence-electron chi connectivity index (χ3n) is 3.60. The summed E-state index contributed by atoms with van der Waals surface area (Å²) in [5, 5.41) is 1.83. The van der Waals surface area contributed by atoms with E-state index in [9.17, 15) is 35.7 Å². The molecule has 0 fully saturated rings. The zero-order valence-electron chi connectivity index (χ0n) is 15.0. The lowest BCUT2D eigenvalue weighted by Gasteiger charge is -2.20. The van der Waals surface area contributed by atoms with Crippen LogP contribution in [0.25, 0.3) is 5.69 Å². The number of aromatic nitrogens is 2. The SMILES string of the molecule is Cc1c(NP(=O)(OCC(F)(F)F)OCC(F)(F)F)c(=O)n(-c2ccccc2)n1C. The summed E-state index contributed by atoms with van der Waals surface area (Å²) in [6, 6.07) is 7.99. The quantitative estimate of drug-likeness (QED) is 0.510. The fourth-order valence-corrected chi connectivity index (χ4v) is 3.62. The normalized spacial score (nSPS) is 13.0. The van der Waals surface area contributed by atoms with Gasteiger partial charge in [0.1, 0.15) is 5.69 Å². The van der Waals surface area contributed by atoms with Gasteiger partial charge in [0.2, 0.25) is 0 Å². The van der Waals surface area contributed by atoms with Crippen molar-refractivity contribution in [2.24, 2.45) is 7.05 Å². The molecule has 0 bridgehead atoms. The Balaban J connectivity index is 2.42. The maximum Gasteiger partial charge on any atom is 0.433 e. The molecule has 0 atom stereocenters. The van der Waals surface area contributed by atoms with Gasteiger partial charge in [0.15, 0.2) is 13.2 Å². The Morgan fingerprint density at radius 1 is 1.00 bits per heavy atom. The smallest absolute Gasteiger partial charge is 0.286 e. The van der Waals surface area contributed by atoms with Crippen LogP contribution in [0.2, 0.25) is 0 Å². The first-order chi connectivity index (χ1) is 13.2. The summed E-state index contributed by atoms with van der Waals surface area (Å²) < 4.78 is 97.6. The molecule has 1 aromatic carbocycles. The van der Waals surface area contributed by atoms with Crippen molar-refractivity contribution in [1.29, 1.82) is 0 Å². The maximum absolute atomic E-state index is 12.7. The van der Waals surface area contributed by atoms with Gasteiger partial charge in [0.05, 0.1) is 11.4 Å². The molecule has 14 heteroatoms. The minimum absolute atomic E-state index is 0.0743. The molecule has 0 amide bonds. The van der Waals surface area contributed by atoms with Crippen LogP contribution in [0.15, 0.2) is 35.1 Å². The Morgan fingerprint density at radius 3 is 1.93 bits per heavy atom. The summed E-state index contributed by atoms with van der Waals surface area (Å²) in [6.07, 6.45) is -9.98. The van der Waals surface area contributed by atoms with Crippen molar-refractivity contribution in [3.05, 3.63) is 46.4 Å². The van der Waals surface area contributed by atoms with Gasteiger partial charge in [-0.15, -0.1) is 0 Å². The molecular formula is C15H16F6N3O4P. The van der Waals surface area contributed by atoms with Crippen molar-refractivity contribution in [2.45, 2.75) is 19.3 Å². The molecule has 0 unspecified atom stereocenters. The van der Waals surface area contributed by atoms with Gasteiger partial charge >= 0.3 is 20.1 Å². The molecule has 2 rings (SSSR count). The first kappa shape index (κ1) is 23.0. The number of rotatable bonds is 7. The summed E-state index contributed by atoms with van der Waals surface area (Å²) in [5.41, 5.74) is -0.963. The monoisotopic (exact) mass is 447 g/mol. The molecule has 0 aliphatic carbocycles. The molecule has 1 N–H and O–H groups in total. The lowest BCUT2D eigenvalue weighted by atomic mass is 10.3. The summed E-state index contributed by atoms with van der Waals surface area (Å²) in [7, 11) is -3.78. The van der Waals surface area contributed by atoms with Gasteiger partial charge in [-0.3, -0.25) is 23.6 Å². The number of halogens is 6.